The van der Waals surface area contributed by atoms with Crippen molar-refractivity contribution in [1.82, 2.24) is 0 Å². The second kappa shape index (κ2) is 7.35. The van der Waals surface area contributed by atoms with Crippen LogP contribution in [0.3, 0.4) is 0 Å². The van der Waals surface area contributed by atoms with Crippen LogP contribution in [0.15, 0.2) is 41.5 Å². The first kappa shape index (κ1) is 16.4. The molecule has 7 heteroatoms. The largest absolute Gasteiger partial charge is 0.493 e. The topological polar surface area (TPSA) is 59.9 Å². The SMILES string of the molecule is COc1cc(/C=N\Nc2ccc(F)cc2F)ccc1OC(C)=O. The first-order valence-electron chi connectivity index (χ1n) is 6.60. The standard InChI is InChI=1S/C16H14F2N2O3/c1-10(21)23-15-6-3-11(7-16(15)22-2)9-19-20-14-5-4-12(17)8-13(14)18/h3-9,20H,1-2H3/b19-9-. The highest BCUT2D eigenvalue weighted by Gasteiger charge is 2.07. The molecule has 0 fully saturated rings. The summed E-state index contributed by atoms with van der Waals surface area (Å²) in [6, 6.07) is 7.93. The molecule has 0 spiro atoms. The summed E-state index contributed by atoms with van der Waals surface area (Å²) in [5.41, 5.74) is 3.15. The molecule has 0 saturated heterocycles. The van der Waals surface area contributed by atoms with Crippen molar-refractivity contribution in [1.29, 1.82) is 0 Å². The van der Waals surface area contributed by atoms with E-state index in [1.54, 1.807) is 18.2 Å². The van der Waals surface area contributed by atoms with Crippen LogP contribution >= 0.6 is 0 Å². The zero-order chi connectivity index (χ0) is 16.8. The van der Waals surface area contributed by atoms with E-state index in [2.05, 4.69) is 10.5 Å². The summed E-state index contributed by atoms with van der Waals surface area (Å²) >= 11 is 0. The summed E-state index contributed by atoms with van der Waals surface area (Å²) in [6.07, 6.45) is 1.42. The highest BCUT2D eigenvalue weighted by Crippen LogP contribution is 2.27. The van der Waals surface area contributed by atoms with Crippen LogP contribution in [0.25, 0.3) is 0 Å². The minimum absolute atomic E-state index is 0.0474. The van der Waals surface area contributed by atoms with E-state index in [0.717, 1.165) is 12.1 Å². The summed E-state index contributed by atoms with van der Waals surface area (Å²) in [4.78, 5) is 11.0. The van der Waals surface area contributed by atoms with Crippen molar-refractivity contribution in [2.75, 3.05) is 12.5 Å². The van der Waals surface area contributed by atoms with E-state index in [9.17, 15) is 13.6 Å². The summed E-state index contributed by atoms with van der Waals surface area (Å²) in [5, 5.41) is 3.87. The molecule has 0 aliphatic carbocycles. The summed E-state index contributed by atoms with van der Waals surface area (Å²) < 4.78 is 36.3. The lowest BCUT2D eigenvalue weighted by Crippen LogP contribution is -2.03. The van der Waals surface area contributed by atoms with Gasteiger partial charge in [0.1, 0.15) is 5.82 Å². The Morgan fingerprint density at radius 3 is 2.61 bits per heavy atom. The Morgan fingerprint density at radius 1 is 1.17 bits per heavy atom. The Labute approximate surface area is 131 Å². The van der Waals surface area contributed by atoms with Gasteiger partial charge >= 0.3 is 5.97 Å². The van der Waals surface area contributed by atoms with Gasteiger partial charge in [0.2, 0.25) is 0 Å². The third-order valence-electron chi connectivity index (χ3n) is 2.77. The van der Waals surface area contributed by atoms with Crippen molar-refractivity contribution < 1.29 is 23.0 Å². The molecule has 0 aliphatic heterocycles. The van der Waals surface area contributed by atoms with Crippen LogP contribution in [0.1, 0.15) is 12.5 Å². The van der Waals surface area contributed by atoms with Gasteiger partial charge in [0, 0.05) is 13.0 Å². The molecule has 120 valence electrons. The zero-order valence-electron chi connectivity index (χ0n) is 12.5. The molecule has 2 rings (SSSR count). The Morgan fingerprint density at radius 2 is 1.96 bits per heavy atom. The van der Waals surface area contributed by atoms with Crippen LogP contribution in [0, 0.1) is 11.6 Å². The fourth-order valence-electron chi connectivity index (χ4n) is 1.76. The lowest BCUT2D eigenvalue weighted by atomic mass is 10.2. The minimum Gasteiger partial charge on any atom is -0.493 e. The maximum absolute atomic E-state index is 13.4. The van der Waals surface area contributed by atoms with Gasteiger partial charge in [-0.05, 0) is 35.9 Å². The van der Waals surface area contributed by atoms with Crippen LogP contribution in [-0.4, -0.2) is 19.3 Å². The van der Waals surface area contributed by atoms with Crippen molar-refractivity contribution >= 4 is 17.9 Å². The second-order valence-electron chi connectivity index (χ2n) is 4.50. The zero-order valence-corrected chi connectivity index (χ0v) is 12.5. The van der Waals surface area contributed by atoms with Crippen LogP contribution in [0.4, 0.5) is 14.5 Å². The first-order chi connectivity index (χ1) is 11.0. The van der Waals surface area contributed by atoms with Gasteiger partial charge in [-0.1, -0.05) is 0 Å². The van der Waals surface area contributed by atoms with E-state index in [0.29, 0.717) is 11.3 Å². The average Bonchev–Trinajstić information content (AvgIpc) is 2.50. The molecule has 0 saturated carbocycles. The molecule has 1 N–H and O–H groups in total. The van der Waals surface area contributed by atoms with Crippen LogP contribution in [0.5, 0.6) is 11.5 Å². The highest BCUT2D eigenvalue weighted by atomic mass is 19.1. The van der Waals surface area contributed by atoms with Gasteiger partial charge in [-0.2, -0.15) is 5.10 Å². The number of carbonyl (C=O) groups excluding carboxylic acids is 1. The van der Waals surface area contributed by atoms with Crippen LogP contribution in [-0.2, 0) is 4.79 Å². The van der Waals surface area contributed by atoms with E-state index in [4.69, 9.17) is 9.47 Å². The lowest BCUT2D eigenvalue weighted by Gasteiger charge is -2.08. The Kier molecular flexibility index (Phi) is 5.24. The molecule has 0 unspecified atom stereocenters. The third kappa shape index (κ3) is 4.50. The van der Waals surface area contributed by atoms with Crippen molar-refractivity contribution in [2.24, 2.45) is 5.10 Å². The fourth-order valence-corrected chi connectivity index (χ4v) is 1.76. The number of nitrogens with zero attached hydrogens (tertiary/aromatic N) is 1. The fraction of sp³-hybridized carbons (Fsp3) is 0.125. The number of benzene rings is 2. The number of rotatable bonds is 5. The molecule has 5 nitrogen and oxygen atoms in total. The van der Waals surface area contributed by atoms with Gasteiger partial charge in [-0.3, -0.25) is 10.2 Å². The maximum Gasteiger partial charge on any atom is 0.308 e. The minimum atomic E-state index is -0.745. The average molecular weight is 320 g/mol. The van der Waals surface area contributed by atoms with Crippen molar-refractivity contribution in [3.05, 3.63) is 53.6 Å². The van der Waals surface area contributed by atoms with Crippen LogP contribution in [0.2, 0.25) is 0 Å². The third-order valence-corrected chi connectivity index (χ3v) is 2.77. The van der Waals surface area contributed by atoms with E-state index in [-0.39, 0.29) is 11.4 Å². The summed E-state index contributed by atoms with van der Waals surface area (Å²) in [6.45, 7) is 1.29. The highest BCUT2D eigenvalue weighted by molar-refractivity contribution is 5.82. The number of nitrogens with one attached hydrogen (secondary N) is 1. The normalized spacial score (nSPS) is 10.6. The monoisotopic (exact) mass is 320 g/mol. The molecule has 0 bridgehead atoms. The molecule has 2 aromatic carbocycles. The van der Waals surface area contributed by atoms with Gasteiger partial charge in [0.25, 0.3) is 0 Å². The summed E-state index contributed by atoms with van der Waals surface area (Å²) in [5.74, 6) is -1.22. The molecule has 0 heterocycles. The first-order valence-corrected chi connectivity index (χ1v) is 6.60. The van der Waals surface area contributed by atoms with Gasteiger partial charge in [0.15, 0.2) is 17.3 Å². The molecule has 0 amide bonds. The number of anilines is 1. The molecular formula is C16H14F2N2O3. The number of hydrogen-bond donors (Lipinski definition) is 1. The quantitative estimate of drug-likeness (QED) is 0.397. The molecule has 0 aliphatic rings. The molecule has 0 atom stereocenters. The molecule has 23 heavy (non-hydrogen) atoms. The smallest absolute Gasteiger partial charge is 0.308 e. The molecule has 0 aromatic heterocycles. The Bertz CT molecular complexity index is 748. The van der Waals surface area contributed by atoms with Crippen LogP contribution < -0.4 is 14.9 Å². The van der Waals surface area contributed by atoms with Gasteiger partial charge < -0.3 is 9.47 Å². The number of carbonyl (C=O) groups is 1. The second-order valence-corrected chi connectivity index (χ2v) is 4.50. The molecule has 2 aromatic rings. The number of methoxy groups -OCH3 is 1. The van der Waals surface area contributed by atoms with Crippen molar-refractivity contribution in [3.8, 4) is 11.5 Å². The maximum atomic E-state index is 13.4. The summed E-state index contributed by atoms with van der Waals surface area (Å²) in [7, 11) is 1.44. The van der Waals surface area contributed by atoms with E-state index in [1.165, 1.54) is 26.3 Å². The van der Waals surface area contributed by atoms with Gasteiger partial charge in [-0.15, -0.1) is 0 Å². The Hall–Kier alpha value is -2.96. The van der Waals surface area contributed by atoms with Gasteiger partial charge in [0.05, 0.1) is 19.0 Å². The number of ether oxygens (including phenoxy) is 2. The van der Waals surface area contributed by atoms with Crippen molar-refractivity contribution in [3.63, 3.8) is 0 Å². The van der Waals surface area contributed by atoms with Gasteiger partial charge in [-0.25, -0.2) is 8.78 Å². The number of hydrazone groups is 1. The van der Waals surface area contributed by atoms with E-state index >= 15 is 0 Å². The van der Waals surface area contributed by atoms with Crippen molar-refractivity contribution in [2.45, 2.75) is 6.92 Å². The molecule has 0 radical (unpaired) electrons. The predicted octanol–water partition coefficient (Wildman–Crippen LogP) is 3.34. The Balaban J connectivity index is 2.11. The molecular weight excluding hydrogens is 306 g/mol. The lowest BCUT2D eigenvalue weighted by molar-refractivity contribution is -0.132. The number of halogens is 2. The van der Waals surface area contributed by atoms with E-state index in [1.807, 2.05) is 0 Å². The predicted molar refractivity (Wildman–Crippen MR) is 81.9 cm³/mol. The van der Waals surface area contributed by atoms with E-state index < -0.39 is 17.6 Å². The number of hydrogen-bond acceptors (Lipinski definition) is 5. The number of esters is 1.